The standard InChI is InChI=1S/C33H30ClFN6O4S/c34-26-2-1-13-37-27(26)20-39-31(42)22-5-10-29-25(18-22)33(11-16-40(17-12-33)32(43)28-19-36-14-15-38-28)30(21-3-4-21)41(29)46(44,45)24-8-6-23(35)7-9-24/h1-2,5-10,13-15,18-19,21,30H,3-4,11-12,16-17,20H2,(H,39,42). The molecule has 1 saturated carbocycles. The third-order valence-corrected chi connectivity index (χ3v) is 11.4. The van der Waals surface area contributed by atoms with E-state index in [1.165, 1.54) is 35.0 Å². The zero-order valence-corrected chi connectivity index (χ0v) is 26.2. The van der Waals surface area contributed by atoms with Gasteiger partial charge < -0.3 is 10.2 Å². The lowest BCUT2D eigenvalue weighted by atomic mass is 9.68. The Bertz CT molecular complexity index is 1920. The van der Waals surface area contributed by atoms with Crippen LogP contribution in [0.15, 0.2) is 84.3 Å². The maximum Gasteiger partial charge on any atom is 0.274 e. The van der Waals surface area contributed by atoms with Crippen molar-refractivity contribution in [1.29, 1.82) is 0 Å². The summed E-state index contributed by atoms with van der Waals surface area (Å²) in [5.41, 5.74) is 1.74. The first-order valence-corrected chi connectivity index (χ1v) is 16.9. The third kappa shape index (κ3) is 5.28. The number of aromatic nitrogens is 3. The van der Waals surface area contributed by atoms with E-state index in [9.17, 15) is 22.4 Å². The van der Waals surface area contributed by atoms with E-state index in [1.54, 1.807) is 41.4 Å². The van der Waals surface area contributed by atoms with Gasteiger partial charge in [-0.25, -0.2) is 17.8 Å². The van der Waals surface area contributed by atoms with Crippen molar-refractivity contribution in [3.05, 3.63) is 113 Å². The number of fused-ring (bicyclic) bond motifs is 2. The number of anilines is 1. The van der Waals surface area contributed by atoms with Gasteiger partial charge in [0.15, 0.2) is 0 Å². The monoisotopic (exact) mass is 660 g/mol. The molecule has 4 heterocycles. The van der Waals surface area contributed by atoms with Crippen molar-refractivity contribution in [2.75, 3.05) is 17.4 Å². The second-order valence-corrected chi connectivity index (χ2v) is 14.1. The fourth-order valence-corrected chi connectivity index (χ4v) is 8.90. The average molecular weight is 661 g/mol. The molecule has 1 saturated heterocycles. The number of sulfonamides is 1. The van der Waals surface area contributed by atoms with E-state index in [0.29, 0.717) is 47.9 Å². The fraction of sp³-hybridized carbons (Fsp3) is 0.303. The van der Waals surface area contributed by atoms with E-state index in [-0.39, 0.29) is 34.9 Å². The molecule has 2 aliphatic heterocycles. The number of amides is 2. The SMILES string of the molecule is O=C(NCc1ncccc1Cl)c1ccc2c(c1)C1(CCN(C(=O)c3cnccn3)CC1)C(C1CC1)N2S(=O)(=O)c1ccc(F)cc1. The molecule has 1 N–H and O–H groups in total. The minimum Gasteiger partial charge on any atom is -0.346 e. The summed E-state index contributed by atoms with van der Waals surface area (Å²) in [6, 6.07) is 12.9. The van der Waals surface area contributed by atoms with Crippen LogP contribution in [0.2, 0.25) is 5.02 Å². The molecule has 46 heavy (non-hydrogen) atoms. The predicted octanol–water partition coefficient (Wildman–Crippen LogP) is 4.76. The number of likely N-dealkylation sites (tertiary alicyclic amines) is 1. The molecule has 2 aromatic heterocycles. The van der Waals surface area contributed by atoms with E-state index < -0.39 is 27.3 Å². The van der Waals surface area contributed by atoms with Crippen LogP contribution in [0.3, 0.4) is 0 Å². The molecular weight excluding hydrogens is 631 g/mol. The van der Waals surface area contributed by atoms with Gasteiger partial charge >= 0.3 is 0 Å². The Labute approximate surface area is 270 Å². The van der Waals surface area contributed by atoms with Crippen LogP contribution in [0.4, 0.5) is 10.1 Å². The number of hydrogen-bond acceptors (Lipinski definition) is 7. The Morgan fingerprint density at radius 1 is 1.00 bits per heavy atom. The van der Waals surface area contributed by atoms with Gasteiger partial charge in [0, 0.05) is 42.7 Å². The van der Waals surface area contributed by atoms with Crippen molar-refractivity contribution in [2.45, 2.75) is 48.6 Å². The average Bonchev–Trinajstić information content (AvgIpc) is 3.88. The van der Waals surface area contributed by atoms with E-state index in [1.807, 2.05) is 0 Å². The molecule has 1 spiro atoms. The van der Waals surface area contributed by atoms with Crippen molar-refractivity contribution >= 4 is 39.1 Å². The highest BCUT2D eigenvalue weighted by atomic mass is 35.5. The number of halogens is 2. The van der Waals surface area contributed by atoms with Gasteiger partial charge in [-0.3, -0.25) is 23.9 Å². The van der Waals surface area contributed by atoms with Crippen molar-refractivity contribution in [2.24, 2.45) is 5.92 Å². The molecule has 10 nitrogen and oxygen atoms in total. The van der Waals surface area contributed by atoms with Crippen LogP contribution >= 0.6 is 11.6 Å². The summed E-state index contributed by atoms with van der Waals surface area (Å²) in [7, 11) is -4.11. The molecule has 3 aliphatic rings. The Kier molecular flexibility index (Phi) is 7.72. The van der Waals surface area contributed by atoms with E-state index in [2.05, 4.69) is 20.3 Å². The van der Waals surface area contributed by atoms with Crippen LogP contribution in [0, 0.1) is 11.7 Å². The highest BCUT2D eigenvalue weighted by Gasteiger charge is 2.60. The van der Waals surface area contributed by atoms with Gasteiger partial charge in [0.2, 0.25) is 0 Å². The van der Waals surface area contributed by atoms with Gasteiger partial charge in [-0.15, -0.1) is 0 Å². The molecule has 4 aromatic rings. The number of carbonyl (C=O) groups is 2. The lowest BCUT2D eigenvalue weighted by molar-refractivity contribution is 0.0641. The van der Waals surface area contributed by atoms with Crippen LogP contribution < -0.4 is 9.62 Å². The highest BCUT2D eigenvalue weighted by molar-refractivity contribution is 7.92. The number of carbonyl (C=O) groups excluding carboxylic acids is 2. The summed E-state index contributed by atoms with van der Waals surface area (Å²) in [6.45, 7) is 0.865. The van der Waals surface area contributed by atoms with Crippen LogP contribution in [0.5, 0.6) is 0 Å². The second-order valence-electron chi connectivity index (χ2n) is 11.9. The Morgan fingerprint density at radius 3 is 2.43 bits per heavy atom. The Morgan fingerprint density at radius 2 is 1.76 bits per heavy atom. The van der Waals surface area contributed by atoms with E-state index in [4.69, 9.17) is 11.6 Å². The molecule has 13 heteroatoms. The molecule has 0 bridgehead atoms. The summed E-state index contributed by atoms with van der Waals surface area (Å²) in [6.07, 6.45) is 8.70. The number of nitrogens with one attached hydrogen (secondary N) is 1. The highest BCUT2D eigenvalue weighted by Crippen LogP contribution is 2.59. The lowest BCUT2D eigenvalue weighted by Gasteiger charge is -2.45. The van der Waals surface area contributed by atoms with Gasteiger partial charge in [-0.05, 0) is 91.8 Å². The first-order valence-electron chi connectivity index (χ1n) is 15.1. The maximum absolute atomic E-state index is 14.4. The quantitative estimate of drug-likeness (QED) is 0.303. The fourth-order valence-electron chi connectivity index (χ4n) is 6.92. The second kappa shape index (κ2) is 11.7. The van der Waals surface area contributed by atoms with Crippen molar-refractivity contribution in [3.63, 3.8) is 0 Å². The largest absolute Gasteiger partial charge is 0.346 e. The number of benzene rings is 2. The number of rotatable bonds is 7. The van der Waals surface area contributed by atoms with Crippen molar-refractivity contribution < 1.29 is 22.4 Å². The topological polar surface area (TPSA) is 125 Å². The molecule has 1 aliphatic carbocycles. The number of nitrogens with zero attached hydrogens (tertiary/aromatic N) is 5. The molecule has 1 atom stereocenters. The van der Waals surface area contributed by atoms with Crippen LogP contribution in [-0.4, -0.2) is 59.2 Å². The number of hydrogen-bond donors (Lipinski definition) is 1. The minimum absolute atomic E-state index is 0.00752. The summed E-state index contributed by atoms with van der Waals surface area (Å²) in [5, 5.41) is 3.32. The normalized spacial score (nSPS) is 18.8. The zero-order valence-electron chi connectivity index (χ0n) is 24.6. The summed E-state index contributed by atoms with van der Waals surface area (Å²) < 4.78 is 44.1. The lowest BCUT2D eigenvalue weighted by Crippen LogP contribution is -2.54. The van der Waals surface area contributed by atoms with Crippen molar-refractivity contribution in [3.8, 4) is 0 Å². The van der Waals surface area contributed by atoms with Gasteiger partial charge in [-0.2, -0.15) is 0 Å². The molecule has 0 radical (unpaired) electrons. The van der Waals surface area contributed by atoms with Crippen molar-refractivity contribution in [1.82, 2.24) is 25.2 Å². The Hall–Kier alpha value is -4.42. The molecule has 1 unspecified atom stereocenters. The van der Waals surface area contributed by atoms with E-state index >= 15 is 0 Å². The number of piperidine rings is 1. The van der Waals surface area contributed by atoms with Crippen LogP contribution in [0.1, 0.15) is 57.8 Å². The first kappa shape index (κ1) is 30.2. The predicted molar refractivity (Wildman–Crippen MR) is 168 cm³/mol. The smallest absolute Gasteiger partial charge is 0.274 e. The summed E-state index contributed by atoms with van der Waals surface area (Å²) in [4.78, 5) is 40.9. The zero-order chi connectivity index (χ0) is 32.1. The van der Waals surface area contributed by atoms with Crippen LogP contribution in [0.25, 0.3) is 0 Å². The molecule has 236 valence electrons. The number of pyridine rings is 1. The van der Waals surface area contributed by atoms with Gasteiger partial charge in [-0.1, -0.05) is 11.6 Å². The third-order valence-electron chi connectivity index (χ3n) is 9.27. The van der Waals surface area contributed by atoms with Gasteiger partial charge in [0.05, 0.1) is 40.1 Å². The van der Waals surface area contributed by atoms with Gasteiger partial charge in [0.25, 0.3) is 21.8 Å². The summed E-state index contributed by atoms with van der Waals surface area (Å²) in [5.74, 6) is -1.02. The van der Waals surface area contributed by atoms with Gasteiger partial charge in [0.1, 0.15) is 11.5 Å². The van der Waals surface area contributed by atoms with Crippen LogP contribution in [-0.2, 0) is 22.0 Å². The molecule has 2 aromatic carbocycles. The van der Waals surface area contributed by atoms with E-state index in [0.717, 1.165) is 30.5 Å². The summed E-state index contributed by atoms with van der Waals surface area (Å²) >= 11 is 6.24. The molecular formula is C33H30ClFN6O4S. The Balaban J connectivity index is 1.27. The maximum atomic E-state index is 14.4. The molecule has 7 rings (SSSR count). The molecule has 2 amide bonds. The minimum atomic E-state index is -4.11. The molecule has 2 fully saturated rings. The first-order chi connectivity index (χ1) is 22.2.